The van der Waals surface area contributed by atoms with Gasteiger partial charge in [-0.05, 0) is 36.8 Å². The first-order valence-electron chi connectivity index (χ1n) is 9.43. The van der Waals surface area contributed by atoms with Crippen LogP contribution in [-0.4, -0.2) is 4.57 Å². The molecular formula is C26H21N. The summed E-state index contributed by atoms with van der Waals surface area (Å²) in [5.41, 5.74) is 5.10. The maximum Gasteiger partial charge on any atom is 0.0615 e. The summed E-state index contributed by atoms with van der Waals surface area (Å²) in [7, 11) is 0. The van der Waals surface area contributed by atoms with Gasteiger partial charge in [-0.2, -0.15) is 0 Å². The van der Waals surface area contributed by atoms with Crippen molar-refractivity contribution in [2.45, 2.75) is 13.8 Å². The SMILES string of the molecule is C/C=C\c1c(C)n(-c2c3ccccc3cc3ccccc23)c2ccccc12. The number of hydrogen-bond acceptors (Lipinski definition) is 0. The molecule has 5 rings (SSSR count). The maximum atomic E-state index is 2.44. The molecule has 4 aromatic carbocycles. The van der Waals surface area contributed by atoms with Crippen LogP contribution in [-0.2, 0) is 0 Å². The van der Waals surface area contributed by atoms with E-state index in [1.165, 1.54) is 49.4 Å². The Bertz CT molecular complexity index is 1280. The predicted octanol–water partition coefficient (Wildman–Crippen LogP) is 7.28. The summed E-state index contributed by atoms with van der Waals surface area (Å²) in [5, 5.41) is 6.41. The molecule has 5 aromatic rings. The Morgan fingerprint density at radius 1 is 0.704 bits per heavy atom. The molecule has 0 aliphatic rings. The highest BCUT2D eigenvalue weighted by Gasteiger charge is 2.17. The summed E-state index contributed by atoms with van der Waals surface area (Å²) in [4.78, 5) is 0. The van der Waals surface area contributed by atoms with Gasteiger partial charge in [0.05, 0.1) is 11.2 Å². The number of fused-ring (bicyclic) bond motifs is 3. The van der Waals surface area contributed by atoms with Crippen molar-refractivity contribution in [1.82, 2.24) is 4.57 Å². The van der Waals surface area contributed by atoms with Gasteiger partial charge in [-0.25, -0.2) is 0 Å². The second-order valence-electron chi connectivity index (χ2n) is 7.02. The van der Waals surface area contributed by atoms with Gasteiger partial charge in [-0.1, -0.05) is 78.9 Å². The summed E-state index contributed by atoms with van der Waals surface area (Å²) >= 11 is 0. The lowest BCUT2D eigenvalue weighted by molar-refractivity contribution is 1.07. The van der Waals surface area contributed by atoms with Crippen molar-refractivity contribution in [2.75, 3.05) is 0 Å². The number of nitrogens with zero attached hydrogens (tertiary/aromatic N) is 1. The van der Waals surface area contributed by atoms with Gasteiger partial charge in [-0.3, -0.25) is 0 Å². The van der Waals surface area contributed by atoms with Crippen LogP contribution in [0, 0.1) is 6.92 Å². The molecule has 1 heterocycles. The normalized spacial score (nSPS) is 11.9. The molecule has 0 aliphatic carbocycles. The van der Waals surface area contributed by atoms with Crippen molar-refractivity contribution in [3.63, 3.8) is 0 Å². The Hall–Kier alpha value is -3.32. The first kappa shape index (κ1) is 15.9. The van der Waals surface area contributed by atoms with E-state index in [1.807, 2.05) is 0 Å². The number of rotatable bonds is 2. The molecule has 0 bridgehead atoms. The molecule has 0 amide bonds. The van der Waals surface area contributed by atoms with Gasteiger partial charge in [0.1, 0.15) is 0 Å². The standard InChI is InChI=1S/C26H21N/c1-3-10-21-18(2)27(25-16-9-8-15-24(21)25)26-22-13-6-4-11-19(22)17-20-12-5-7-14-23(20)26/h3-17H,1-2H3/b10-3-. The molecular weight excluding hydrogens is 326 g/mol. The predicted molar refractivity (Wildman–Crippen MR) is 118 cm³/mol. The van der Waals surface area contributed by atoms with Gasteiger partial charge < -0.3 is 4.57 Å². The average Bonchev–Trinajstić information content (AvgIpc) is 2.98. The number of benzene rings is 4. The van der Waals surface area contributed by atoms with Crippen LogP contribution in [0.5, 0.6) is 0 Å². The fourth-order valence-corrected chi connectivity index (χ4v) is 4.29. The molecule has 0 aliphatic heterocycles. The van der Waals surface area contributed by atoms with Crippen LogP contribution in [0.2, 0.25) is 0 Å². The van der Waals surface area contributed by atoms with Gasteiger partial charge in [0, 0.05) is 27.4 Å². The highest BCUT2D eigenvalue weighted by molar-refractivity contribution is 6.09. The number of hydrogen-bond donors (Lipinski definition) is 0. The second kappa shape index (κ2) is 6.14. The van der Waals surface area contributed by atoms with Crippen molar-refractivity contribution >= 4 is 38.5 Å². The minimum Gasteiger partial charge on any atom is -0.312 e. The van der Waals surface area contributed by atoms with Crippen molar-refractivity contribution in [3.05, 3.63) is 96.2 Å². The van der Waals surface area contributed by atoms with Gasteiger partial charge in [0.25, 0.3) is 0 Å². The van der Waals surface area contributed by atoms with Crippen molar-refractivity contribution in [1.29, 1.82) is 0 Å². The third-order valence-electron chi connectivity index (χ3n) is 5.46. The summed E-state index contributed by atoms with van der Waals surface area (Å²) in [6, 6.07) is 28.4. The first-order valence-corrected chi connectivity index (χ1v) is 9.43. The fraction of sp³-hybridized carbons (Fsp3) is 0.0769. The first-order chi connectivity index (χ1) is 13.3. The Balaban J connectivity index is 2.04. The molecule has 0 saturated heterocycles. The topological polar surface area (TPSA) is 4.93 Å². The van der Waals surface area contributed by atoms with Crippen molar-refractivity contribution < 1.29 is 0 Å². The lowest BCUT2D eigenvalue weighted by Crippen LogP contribution is -1.99. The average molecular weight is 347 g/mol. The molecule has 0 saturated carbocycles. The van der Waals surface area contributed by atoms with E-state index in [0.717, 1.165) is 0 Å². The zero-order valence-corrected chi connectivity index (χ0v) is 15.6. The highest BCUT2D eigenvalue weighted by atomic mass is 15.0. The minimum absolute atomic E-state index is 1.25. The number of para-hydroxylation sites is 1. The largest absolute Gasteiger partial charge is 0.312 e. The Labute approximate surface area is 159 Å². The molecule has 0 radical (unpaired) electrons. The smallest absolute Gasteiger partial charge is 0.0615 e. The van der Waals surface area contributed by atoms with Crippen molar-refractivity contribution in [3.8, 4) is 5.69 Å². The van der Waals surface area contributed by atoms with Crippen LogP contribution in [0.3, 0.4) is 0 Å². The lowest BCUT2D eigenvalue weighted by atomic mass is 10.0. The van der Waals surface area contributed by atoms with E-state index in [1.54, 1.807) is 0 Å². The number of allylic oxidation sites excluding steroid dienone is 1. The van der Waals surface area contributed by atoms with Gasteiger partial charge in [0.2, 0.25) is 0 Å². The van der Waals surface area contributed by atoms with E-state index in [9.17, 15) is 0 Å². The van der Waals surface area contributed by atoms with Crippen LogP contribution < -0.4 is 0 Å². The molecule has 1 nitrogen and oxygen atoms in total. The number of aromatic nitrogens is 1. The molecule has 130 valence electrons. The van der Waals surface area contributed by atoms with E-state index in [4.69, 9.17) is 0 Å². The van der Waals surface area contributed by atoms with Gasteiger partial charge >= 0.3 is 0 Å². The Morgan fingerprint density at radius 3 is 1.89 bits per heavy atom. The van der Waals surface area contributed by atoms with Crippen molar-refractivity contribution in [2.24, 2.45) is 0 Å². The van der Waals surface area contributed by atoms with E-state index in [2.05, 4.69) is 109 Å². The molecule has 0 fully saturated rings. The van der Waals surface area contributed by atoms with Gasteiger partial charge in [-0.15, -0.1) is 0 Å². The van der Waals surface area contributed by atoms with Crippen LogP contribution in [0.15, 0.2) is 84.9 Å². The summed E-state index contributed by atoms with van der Waals surface area (Å²) < 4.78 is 2.44. The fourth-order valence-electron chi connectivity index (χ4n) is 4.29. The minimum atomic E-state index is 1.25. The summed E-state index contributed by atoms with van der Waals surface area (Å²) in [6.07, 6.45) is 4.35. The second-order valence-corrected chi connectivity index (χ2v) is 7.02. The molecule has 0 unspecified atom stereocenters. The summed E-state index contributed by atoms with van der Waals surface area (Å²) in [5.74, 6) is 0. The van der Waals surface area contributed by atoms with E-state index < -0.39 is 0 Å². The third-order valence-corrected chi connectivity index (χ3v) is 5.46. The molecule has 1 aromatic heterocycles. The van der Waals surface area contributed by atoms with E-state index in [0.29, 0.717) is 0 Å². The zero-order valence-electron chi connectivity index (χ0n) is 15.6. The molecule has 0 N–H and O–H groups in total. The Kier molecular flexibility index (Phi) is 3.61. The molecule has 0 atom stereocenters. The van der Waals surface area contributed by atoms with Crippen LogP contribution in [0.4, 0.5) is 0 Å². The van der Waals surface area contributed by atoms with Crippen LogP contribution in [0.25, 0.3) is 44.2 Å². The molecule has 0 spiro atoms. The van der Waals surface area contributed by atoms with Gasteiger partial charge in [0.15, 0.2) is 0 Å². The van der Waals surface area contributed by atoms with Crippen LogP contribution >= 0.6 is 0 Å². The Morgan fingerprint density at radius 2 is 1.26 bits per heavy atom. The highest BCUT2D eigenvalue weighted by Crippen LogP contribution is 2.37. The quantitative estimate of drug-likeness (QED) is 0.296. The summed E-state index contributed by atoms with van der Waals surface area (Å²) in [6.45, 7) is 4.31. The van der Waals surface area contributed by atoms with E-state index >= 15 is 0 Å². The zero-order chi connectivity index (χ0) is 18.4. The molecule has 27 heavy (non-hydrogen) atoms. The van der Waals surface area contributed by atoms with E-state index in [-0.39, 0.29) is 0 Å². The van der Waals surface area contributed by atoms with Crippen LogP contribution in [0.1, 0.15) is 18.2 Å². The molecule has 1 heteroatoms. The third kappa shape index (κ3) is 2.32. The maximum absolute atomic E-state index is 2.44. The monoisotopic (exact) mass is 347 g/mol. The lowest BCUT2D eigenvalue weighted by Gasteiger charge is -2.16.